The van der Waals surface area contributed by atoms with E-state index in [1.54, 1.807) is 19.0 Å². The molecular formula is C24H32BN5O4S2. The highest BCUT2D eigenvalue weighted by Crippen LogP contribution is 2.35. The van der Waals surface area contributed by atoms with Gasteiger partial charge in [0.25, 0.3) is 5.91 Å². The van der Waals surface area contributed by atoms with Gasteiger partial charge in [-0.2, -0.15) is 9.40 Å². The van der Waals surface area contributed by atoms with Gasteiger partial charge in [0, 0.05) is 37.3 Å². The smallest absolute Gasteiger partial charge is 0.376 e. The fourth-order valence-corrected chi connectivity index (χ4v) is 7.68. The van der Waals surface area contributed by atoms with E-state index in [4.69, 9.17) is 5.10 Å². The van der Waals surface area contributed by atoms with E-state index in [2.05, 4.69) is 10.00 Å². The number of nitrogens with zero attached hydrogens (tertiary/aromatic N) is 4. The first-order valence-corrected chi connectivity index (χ1v) is 14.8. The highest BCUT2D eigenvalue weighted by molar-refractivity contribution is 7.89. The maximum Gasteiger partial charge on any atom is 0.376 e. The van der Waals surface area contributed by atoms with Crippen molar-refractivity contribution in [1.82, 2.24) is 18.9 Å². The van der Waals surface area contributed by atoms with Crippen LogP contribution in [0.5, 0.6) is 0 Å². The van der Waals surface area contributed by atoms with E-state index in [0.29, 0.717) is 42.8 Å². The molecule has 1 aliphatic heterocycles. The number of anilines is 1. The van der Waals surface area contributed by atoms with Gasteiger partial charge in [-0.05, 0) is 56.9 Å². The Bertz CT molecular complexity index is 1340. The van der Waals surface area contributed by atoms with Crippen LogP contribution < -0.4 is 5.32 Å². The summed E-state index contributed by atoms with van der Waals surface area (Å²) in [6.07, 6.45) is 5.96. The SMILES string of the molecule is CB(O)N1CCN(S(=O)(=O)c2ccc(NC(=O)c3cc4c(C)nn(C5CCCCC5)c4s3)cc2)CC1. The Morgan fingerprint density at radius 2 is 1.78 bits per heavy atom. The Kier molecular flexibility index (Phi) is 7.24. The molecule has 1 saturated heterocycles. The summed E-state index contributed by atoms with van der Waals surface area (Å²) >= 11 is 1.46. The van der Waals surface area contributed by atoms with Crippen LogP contribution in [0.4, 0.5) is 5.69 Å². The number of piperazine rings is 1. The second kappa shape index (κ2) is 10.3. The fourth-order valence-electron chi connectivity index (χ4n) is 5.13. The number of hydrogen-bond donors (Lipinski definition) is 2. The average molecular weight is 529 g/mol. The Labute approximate surface area is 216 Å². The number of thiophene rings is 1. The number of nitrogens with one attached hydrogen (secondary N) is 1. The van der Waals surface area contributed by atoms with Crippen molar-refractivity contribution < 1.29 is 18.2 Å². The molecule has 1 aliphatic carbocycles. The van der Waals surface area contributed by atoms with Crippen LogP contribution in [0.15, 0.2) is 35.2 Å². The van der Waals surface area contributed by atoms with Crippen LogP contribution in [0.25, 0.3) is 10.2 Å². The van der Waals surface area contributed by atoms with Gasteiger partial charge in [0.1, 0.15) is 4.83 Å². The number of hydrogen-bond acceptors (Lipinski definition) is 7. The number of benzene rings is 1. The minimum atomic E-state index is -3.63. The monoisotopic (exact) mass is 529 g/mol. The summed E-state index contributed by atoms with van der Waals surface area (Å²) in [6.45, 7) is 5.29. The molecule has 2 N–H and O–H groups in total. The van der Waals surface area contributed by atoms with Crippen LogP contribution in [0.3, 0.4) is 0 Å². The van der Waals surface area contributed by atoms with Crippen molar-refractivity contribution in [3.8, 4) is 0 Å². The molecule has 3 aromatic rings. The molecule has 2 aliphatic rings. The number of aryl methyl sites for hydroxylation is 1. The molecule has 2 fully saturated rings. The lowest BCUT2D eigenvalue weighted by molar-refractivity contribution is 0.103. The van der Waals surface area contributed by atoms with E-state index in [1.807, 2.05) is 17.8 Å². The lowest BCUT2D eigenvalue weighted by atomic mass is 9.84. The molecule has 192 valence electrons. The van der Waals surface area contributed by atoms with Crippen molar-refractivity contribution in [1.29, 1.82) is 0 Å². The van der Waals surface area contributed by atoms with Crippen LogP contribution in [-0.2, 0) is 10.0 Å². The standard InChI is InChI=1S/C24H32BN5O4S2/c1-17-21-16-22(35-24(21)30(27-17)19-6-4-3-5-7-19)23(31)26-18-8-10-20(11-9-18)36(33,34)29-14-12-28(13-15-29)25(2)32/h8-11,16,19,32H,3-7,12-15H2,1-2H3,(H,26,31). The third kappa shape index (κ3) is 4.97. The van der Waals surface area contributed by atoms with Gasteiger partial charge in [0.15, 0.2) is 0 Å². The third-order valence-electron chi connectivity index (χ3n) is 7.26. The summed E-state index contributed by atoms with van der Waals surface area (Å²) in [5.41, 5.74) is 1.48. The van der Waals surface area contributed by atoms with Crippen LogP contribution >= 0.6 is 11.3 Å². The number of aromatic nitrogens is 2. The molecule has 0 unspecified atom stereocenters. The van der Waals surface area contributed by atoms with E-state index in [0.717, 1.165) is 28.8 Å². The number of sulfonamides is 1. The normalized spacial score (nSPS) is 18.5. The number of carbonyl (C=O) groups excluding carboxylic acids is 1. The average Bonchev–Trinajstić information content (AvgIpc) is 3.45. The first-order valence-electron chi connectivity index (χ1n) is 12.6. The molecule has 2 aromatic heterocycles. The van der Waals surface area contributed by atoms with Gasteiger partial charge >= 0.3 is 7.05 Å². The van der Waals surface area contributed by atoms with Crippen molar-refractivity contribution in [2.45, 2.75) is 56.8 Å². The molecule has 9 nitrogen and oxygen atoms in total. The molecule has 1 aromatic carbocycles. The van der Waals surface area contributed by atoms with Crippen molar-refractivity contribution in [3.63, 3.8) is 0 Å². The topological polar surface area (TPSA) is 108 Å². The predicted octanol–water partition coefficient (Wildman–Crippen LogP) is 3.58. The Morgan fingerprint density at radius 3 is 2.42 bits per heavy atom. The van der Waals surface area contributed by atoms with Gasteiger partial charge in [-0.1, -0.05) is 19.3 Å². The third-order valence-corrected chi connectivity index (χ3v) is 10.3. The highest BCUT2D eigenvalue weighted by Gasteiger charge is 2.30. The maximum atomic E-state index is 13.0. The maximum absolute atomic E-state index is 13.0. The Balaban J connectivity index is 1.27. The van der Waals surface area contributed by atoms with Crippen LogP contribution in [-0.4, -0.2) is 71.5 Å². The molecular weight excluding hydrogens is 497 g/mol. The molecule has 0 bridgehead atoms. The first kappa shape index (κ1) is 25.4. The van der Waals surface area contributed by atoms with Gasteiger partial charge in [0.05, 0.1) is 21.5 Å². The second-order valence-corrected chi connectivity index (χ2v) is 12.7. The van der Waals surface area contributed by atoms with Gasteiger partial charge < -0.3 is 15.2 Å². The number of fused-ring (bicyclic) bond motifs is 1. The quantitative estimate of drug-likeness (QED) is 0.473. The highest BCUT2D eigenvalue weighted by atomic mass is 32.2. The van der Waals surface area contributed by atoms with Crippen molar-refractivity contribution in [2.24, 2.45) is 0 Å². The Morgan fingerprint density at radius 1 is 1.11 bits per heavy atom. The van der Waals surface area contributed by atoms with Gasteiger partial charge in [0.2, 0.25) is 10.0 Å². The molecule has 12 heteroatoms. The van der Waals surface area contributed by atoms with Gasteiger partial charge in [-0.25, -0.2) is 8.42 Å². The number of amides is 1. The second-order valence-electron chi connectivity index (χ2n) is 9.70. The lowest BCUT2D eigenvalue weighted by Crippen LogP contribution is -2.52. The molecule has 0 spiro atoms. The van der Waals surface area contributed by atoms with E-state index >= 15 is 0 Å². The van der Waals surface area contributed by atoms with E-state index in [-0.39, 0.29) is 10.8 Å². The summed E-state index contributed by atoms with van der Waals surface area (Å²) in [5, 5.41) is 18.4. The summed E-state index contributed by atoms with van der Waals surface area (Å²) in [5.74, 6) is -0.212. The molecule has 0 radical (unpaired) electrons. The van der Waals surface area contributed by atoms with Crippen LogP contribution in [0.2, 0.25) is 6.82 Å². The molecule has 1 saturated carbocycles. The van der Waals surface area contributed by atoms with Crippen LogP contribution in [0.1, 0.15) is 53.5 Å². The Hall–Kier alpha value is -2.25. The van der Waals surface area contributed by atoms with E-state index in [9.17, 15) is 18.2 Å². The molecule has 36 heavy (non-hydrogen) atoms. The molecule has 3 heterocycles. The van der Waals surface area contributed by atoms with Crippen molar-refractivity contribution in [3.05, 3.63) is 40.9 Å². The minimum Gasteiger partial charge on any atom is -0.437 e. The first-order chi connectivity index (χ1) is 17.2. The van der Waals surface area contributed by atoms with Gasteiger partial charge in [-0.3, -0.25) is 9.48 Å². The minimum absolute atomic E-state index is 0.191. The fraction of sp³-hybridized carbons (Fsp3) is 0.500. The summed E-state index contributed by atoms with van der Waals surface area (Å²) < 4.78 is 29.6. The van der Waals surface area contributed by atoms with Crippen LogP contribution in [0, 0.1) is 6.92 Å². The summed E-state index contributed by atoms with van der Waals surface area (Å²) in [7, 11) is -4.22. The predicted molar refractivity (Wildman–Crippen MR) is 143 cm³/mol. The largest absolute Gasteiger partial charge is 0.437 e. The summed E-state index contributed by atoms with van der Waals surface area (Å²) in [6, 6.07) is 8.61. The van der Waals surface area contributed by atoms with Crippen molar-refractivity contribution >= 4 is 50.2 Å². The number of rotatable bonds is 6. The summed E-state index contributed by atoms with van der Waals surface area (Å²) in [4.78, 5) is 16.7. The zero-order valence-electron chi connectivity index (χ0n) is 20.7. The lowest BCUT2D eigenvalue weighted by Gasteiger charge is -2.34. The van der Waals surface area contributed by atoms with Gasteiger partial charge in [-0.15, -0.1) is 11.3 Å². The number of carbonyl (C=O) groups is 1. The molecule has 5 rings (SSSR count). The van der Waals surface area contributed by atoms with Crippen molar-refractivity contribution in [2.75, 3.05) is 31.5 Å². The zero-order valence-corrected chi connectivity index (χ0v) is 22.3. The molecule has 0 atom stereocenters. The van der Waals surface area contributed by atoms with E-state index < -0.39 is 17.1 Å². The zero-order chi connectivity index (χ0) is 25.4. The van der Waals surface area contributed by atoms with E-state index in [1.165, 1.54) is 47.0 Å². The molecule has 1 amide bonds.